The van der Waals surface area contributed by atoms with E-state index in [4.69, 9.17) is 4.84 Å². The van der Waals surface area contributed by atoms with Crippen molar-refractivity contribution in [2.24, 2.45) is 0 Å². The zero-order valence-electron chi connectivity index (χ0n) is 7.64. The van der Waals surface area contributed by atoms with Crippen LogP contribution < -0.4 is 4.84 Å². The summed E-state index contributed by atoms with van der Waals surface area (Å²) in [6, 6.07) is 2.80. The molecule has 0 atom stereocenters. The molecule has 1 aromatic heterocycles. The van der Waals surface area contributed by atoms with Crippen LogP contribution >= 0.6 is 0 Å². The fourth-order valence-corrected chi connectivity index (χ4v) is 1.25. The molecule has 0 unspecified atom stereocenters. The Morgan fingerprint density at radius 3 is 2.79 bits per heavy atom. The van der Waals surface area contributed by atoms with Gasteiger partial charge in [0, 0.05) is 12.1 Å². The molecule has 0 aliphatic carbocycles. The molecule has 0 fully saturated rings. The van der Waals surface area contributed by atoms with Crippen LogP contribution in [-0.2, 0) is 0 Å². The van der Waals surface area contributed by atoms with Crippen LogP contribution in [0, 0.1) is 0 Å². The molecule has 2 rings (SSSR count). The Labute approximate surface area is 80.1 Å². The van der Waals surface area contributed by atoms with E-state index in [9.17, 15) is 10.2 Å². The number of phenolic OH excluding ortho intramolecular Hbond substituents is 2. The van der Waals surface area contributed by atoms with E-state index in [1.54, 1.807) is 0 Å². The molecule has 1 aromatic carbocycles. The summed E-state index contributed by atoms with van der Waals surface area (Å²) >= 11 is 0. The molecule has 0 saturated heterocycles. The maximum atomic E-state index is 9.28. The van der Waals surface area contributed by atoms with Gasteiger partial charge in [0.2, 0.25) is 0 Å². The number of nitrogens with zero attached hydrogens (tertiary/aromatic N) is 2. The van der Waals surface area contributed by atoms with E-state index in [0.717, 1.165) is 0 Å². The number of phenols is 2. The Morgan fingerprint density at radius 2 is 2.07 bits per heavy atom. The molecule has 0 radical (unpaired) electrons. The van der Waals surface area contributed by atoms with Gasteiger partial charge in [0.05, 0.1) is 5.52 Å². The largest absolute Gasteiger partial charge is 0.504 e. The standard InChI is InChI=1S/C9H10N2O3/c1-2-14-11-5-10-6-3-8(12)9(13)4-7(6)11/h3-5,12-13H,2H2,1H3. The lowest BCUT2D eigenvalue weighted by atomic mass is 10.3. The number of hydrogen-bond donors (Lipinski definition) is 2. The first kappa shape index (κ1) is 8.68. The van der Waals surface area contributed by atoms with Crippen LogP contribution in [0.3, 0.4) is 0 Å². The van der Waals surface area contributed by atoms with Gasteiger partial charge >= 0.3 is 0 Å². The molecule has 0 spiro atoms. The number of benzene rings is 1. The van der Waals surface area contributed by atoms with Crippen LogP contribution in [0.25, 0.3) is 11.0 Å². The van der Waals surface area contributed by atoms with Gasteiger partial charge in [-0.1, -0.05) is 0 Å². The maximum Gasteiger partial charge on any atom is 0.159 e. The van der Waals surface area contributed by atoms with Crippen molar-refractivity contribution in [3.05, 3.63) is 18.5 Å². The smallest absolute Gasteiger partial charge is 0.159 e. The zero-order valence-corrected chi connectivity index (χ0v) is 7.64. The average Bonchev–Trinajstić information content (AvgIpc) is 2.51. The predicted octanol–water partition coefficient (Wildman–Crippen LogP) is 0.896. The quantitative estimate of drug-likeness (QED) is 0.697. The van der Waals surface area contributed by atoms with E-state index in [1.165, 1.54) is 23.2 Å². The number of fused-ring (bicyclic) bond motifs is 1. The van der Waals surface area contributed by atoms with E-state index in [2.05, 4.69) is 4.98 Å². The van der Waals surface area contributed by atoms with Crippen molar-refractivity contribution >= 4 is 11.0 Å². The second kappa shape index (κ2) is 3.10. The van der Waals surface area contributed by atoms with E-state index in [-0.39, 0.29) is 11.5 Å². The molecule has 2 N–H and O–H groups in total. The summed E-state index contributed by atoms with van der Waals surface area (Å²) in [6.45, 7) is 2.36. The highest BCUT2D eigenvalue weighted by Crippen LogP contribution is 2.28. The molecular formula is C9H10N2O3. The molecule has 2 aromatic rings. The van der Waals surface area contributed by atoms with Crippen molar-refractivity contribution in [2.75, 3.05) is 6.61 Å². The second-order valence-electron chi connectivity index (χ2n) is 2.82. The highest BCUT2D eigenvalue weighted by atomic mass is 16.7. The molecule has 1 heterocycles. The van der Waals surface area contributed by atoms with Crippen LogP contribution in [0.1, 0.15) is 6.92 Å². The van der Waals surface area contributed by atoms with E-state index in [0.29, 0.717) is 17.6 Å². The molecule has 0 amide bonds. The molecule has 0 bridgehead atoms. The lowest BCUT2D eigenvalue weighted by Crippen LogP contribution is -2.08. The average molecular weight is 194 g/mol. The van der Waals surface area contributed by atoms with Crippen molar-refractivity contribution < 1.29 is 15.1 Å². The maximum absolute atomic E-state index is 9.28. The van der Waals surface area contributed by atoms with Gasteiger partial charge in [-0.15, -0.1) is 0 Å². The van der Waals surface area contributed by atoms with Gasteiger partial charge in [-0.05, 0) is 6.92 Å². The normalized spacial score (nSPS) is 10.6. The molecule has 5 nitrogen and oxygen atoms in total. The van der Waals surface area contributed by atoms with Crippen molar-refractivity contribution in [3.8, 4) is 11.5 Å². The number of rotatable bonds is 2. The summed E-state index contributed by atoms with van der Waals surface area (Å²) < 4.78 is 1.45. The van der Waals surface area contributed by atoms with Gasteiger partial charge in [0.25, 0.3) is 0 Å². The third kappa shape index (κ3) is 1.22. The minimum absolute atomic E-state index is 0.181. The fraction of sp³-hybridized carbons (Fsp3) is 0.222. The van der Waals surface area contributed by atoms with Gasteiger partial charge in [-0.3, -0.25) is 0 Å². The van der Waals surface area contributed by atoms with Crippen LogP contribution in [0.15, 0.2) is 18.5 Å². The highest BCUT2D eigenvalue weighted by Gasteiger charge is 2.07. The van der Waals surface area contributed by atoms with Gasteiger partial charge in [-0.25, -0.2) is 4.98 Å². The Hall–Kier alpha value is -1.91. The molecule has 0 aliphatic heterocycles. The van der Waals surface area contributed by atoms with Crippen molar-refractivity contribution in [2.45, 2.75) is 6.92 Å². The van der Waals surface area contributed by atoms with E-state index < -0.39 is 0 Å². The lowest BCUT2D eigenvalue weighted by Gasteiger charge is -2.04. The molecule has 0 saturated carbocycles. The van der Waals surface area contributed by atoms with Crippen molar-refractivity contribution in [1.82, 2.24) is 9.71 Å². The molecule has 74 valence electrons. The summed E-state index contributed by atoms with van der Waals surface area (Å²) in [6.07, 6.45) is 1.49. The SMILES string of the molecule is CCOn1cnc2cc(O)c(O)cc21. The fourth-order valence-electron chi connectivity index (χ4n) is 1.25. The van der Waals surface area contributed by atoms with Gasteiger partial charge in [-0.2, -0.15) is 4.73 Å². The monoisotopic (exact) mass is 194 g/mol. The summed E-state index contributed by atoms with van der Waals surface area (Å²) in [5.41, 5.74) is 1.20. The molecule has 5 heteroatoms. The summed E-state index contributed by atoms with van der Waals surface area (Å²) in [5, 5.41) is 18.5. The van der Waals surface area contributed by atoms with Gasteiger partial charge in [0.1, 0.15) is 18.5 Å². The number of aromatic nitrogens is 2. The van der Waals surface area contributed by atoms with Crippen LogP contribution in [0.5, 0.6) is 11.5 Å². The minimum atomic E-state index is -0.182. The second-order valence-corrected chi connectivity index (χ2v) is 2.82. The topological polar surface area (TPSA) is 67.5 Å². The van der Waals surface area contributed by atoms with Gasteiger partial charge in [0.15, 0.2) is 11.5 Å². The summed E-state index contributed by atoms with van der Waals surface area (Å²) in [5.74, 6) is -0.363. The summed E-state index contributed by atoms with van der Waals surface area (Å²) in [4.78, 5) is 9.22. The first-order chi connectivity index (χ1) is 6.72. The number of aromatic hydroxyl groups is 2. The van der Waals surface area contributed by atoms with Crippen LogP contribution in [0.4, 0.5) is 0 Å². The van der Waals surface area contributed by atoms with Crippen LogP contribution in [0.2, 0.25) is 0 Å². The third-order valence-corrected chi connectivity index (χ3v) is 1.88. The highest BCUT2D eigenvalue weighted by molar-refractivity contribution is 5.79. The zero-order chi connectivity index (χ0) is 10.1. The molecule has 0 aliphatic rings. The number of imidazole rings is 1. The lowest BCUT2D eigenvalue weighted by molar-refractivity contribution is 0.131. The van der Waals surface area contributed by atoms with Gasteiger partial charge < -0.3 is 15.1 Å². The Balaban J connectivity index is 2.61. The Bertz CT molecular complexity index is 464. The Kier molecular flexibility index (Phi) is 1.92. The van der Waals surface area contributed by atoms with Crippen molar-refractivity contribution in [3.63, 3.8) is 0 Å². The molecular weight excluding hydrogens is 184 g/mol. The van der Waals surface area contributed by atoms with Crippen LogP contribution in [-0.4, -0.2) is 26.5 Å². The van der Waals surface area contributed by atoms with Crippen molar-refractivity contribution in [1.29, 1.82) is 0 Å². The summed E-state index contributed by atoms with van der Waals surface area (Å²) in [7, 11) is 0. The minimum Gasteiger partial charge on any atom is -0.504 e. The van der Waals surface area contributed by atoms with E-state index >= 15 is 0 Å². The number of hydrogen-bond acceptors (Lipinski definition) is 4. The first-order valence-electron chi connectivity index (χ1n) is 4.24. The first-order valence-corrected chi connectivity index (χ1v) is 4.24. The predicted molar refractivity (Wildman–Crippen MR) is 50.2 cm³/mol. The third-order valence-electron chi connectivity index (χ3n) is 1.88. The van der Waals surface area contributed by atoms with E-state index in [1.807, 2.05) is 6.92 Å². The Morgan fingerprint density at radius 1 is 1.36 bits per heavy atom. The molecule has 14 heavy (non-hydrogen) atoms.